The summed E-state index contributed by atoms with van der Waals surface area (Å²) in [6.07, 6.45) is 3.48. The lowest BCUT2D eigenvalue weighted by molar-refractivity contribution is -0.123. The van der Waals surface area contributed by atoms with Crippen molar-refractivity contribution in [1.29, 1.82) is 0 Å². The molecule has 1 heterocycles. The van der Waals surface area contributed by atoms with Crippen molar-refractivity contribution in [2.24, 2.45) is 0 Å². The van der Waals surface area contributed by atoms with Crippen molar-refractivity contribution in [1.82, 2.24) is 10.3 Å². The normalized spacial score (nSPS) is 10.0. The first kappa shape index (κ1) is 14.8. The fourth-order valence-electron chi connectivity index (χ4n) is 1.75. The Balaban J connectivity index is 1.78. The van der Waals surface area contributed by atoms with Crippen LogP contribution in [0.25, 0.3) is 0 Å². The third kappa shape index (κ3) is 4.49. The Bertz CT molecular complexity index is 597. The number of methoxy groups -OCH3 is 1. The van der Waals surface area contributed by atoms with E-state index >= 15 is 0 Å². The number of pyridine rings is 1. The van der Waals surface area contributed by atoms with Crippen molar-refractivity contribution in [3.05, 3.63) is 53.9 Å². The second kappa shape index (κ2) is 7.28. The van der Waals surface area contributed by atoms with Crippen molar-refractivity contribution in [3.63, 3.8) is 0 Å². The number of aryl methyl sites for hydroxylation is 1. The molecule has 21 heavy (non-hydrogen) atoms. The molecule has 2 rings (SSSR count). The average Bonchev–Trinajstić information content (AvgIpc) is 2.52. The quantitative estimate of drug-likeness (QED) is 0.883. The minimum absolute atomic E-state index is 0.0222. The summed E-state index contributed by atoms with van der Waals surface area (Å²) in [6.45, 7) is 2.41. The topological polar surface area (TPSA) is 60.5 Å². The van der Waals surface area contributed by atoms with Gasteiger partial charge in [-0.2, -0.15) is 0 Å². The molecule has 0 atom stereocenters. The van der Waals surface area contributed by atoms with Crippen LogP contribution in [0.15, 0.2) is 42.7 Å². The van der Waals surface area contributed by atoms with Crippen LogP contribution in [0.4, 0.5) is 0 Å². The number of aromatic nitrogens is 1. The number of carbonyl (C=O) groups excluding carboxylic acids is 1. The first-order valence-corrected chi connectivity index (χ1v) is 6.62. The number of nitrogens with zero attached hydrogens (tertiary/aromatic N) is 1. The fraction of sp³-hybridized carbons (Fsp3) is 0.250. The average molecular weight is 286 g/mol. The number of carbonyl (C=O) groups is 1. The highest BCUT2D eigenvalue weighted by Crippen LogP contribution is 2.16. The Morgan fingerprint density at radius 2 is 1.90 bits per heavy atom. The Morgan fingerprint density at radius 3 is 2.57 bits per heavy atom. The lowest BCUT2D eigenvalue weighted by atomic mass is 10.1. The number of rotatable bonds is 6. The molecule has 0 saturated heterocycles. The van der Waals surface area contributed by atoms with Crippen LogP contribution in [0, 0.1) is 6.92 Å². The largest absolute Gasteiger partial charge is 0.497 e. The van der Waals surface area contributed by atoms with Crippen LogP contribution < -0.4 is 14.8 Å². The highest BCUT2D eigenvalue weighted by atomic mass is 16.5. The van der Waals surface area contributed by atoms with Gasteiger partial charge in [0.25, 0.3) is 5.91 Å². The molecule has 1 amide bonds. The van der Waals surface area contributed by atoms with Gasteiger partial charge in [-0.3, -0.25) is 9.78 Å². The molecule has 2 aromatic rings. The van der Waals surface area contributed by atoms with Crippen LogP contribution in [-0.2, 0) is 11.3 Å². The standard InChI is InChI=1S/C16H18N2O3/c1-12-7-8-17-9-13(12)10-18-16(19)11-21-15-5-3-14(20-2)4-6-15/h3-9H,10-11H2,1-2H3,(H,18,19). The molecule has 0 aliphatic rings. The molecule has 0 saturated carbocycles. The van der Waals surface area contributed by atoms with E-state index in [1.807, 2.05) is 13.0 Å². The van der Waals surface area contributed by atoms with Crippen molar-refractivity contribution >= 4 is 5.91 Å². The minimum atomic E-state index is -0.172. The van der Waals surface area contributed by atoms with E-state index < -0.39 is 0 Å². The van der Waals surface area contributed by atoms with Crippen LogP contribution in [0.5, 0.6) is 11.5 Å². The molecule has 0 aliphatic heterocycles. The number of ether oxygens (including phenoxy) is 2. The number of benzene rings is 1. The summed E-state index contributed by atoms with van der Waals surface area (Å²) < 4.78 is 10.5. The van der Waals surface area contributed by atoms with E-state index in [4.69, 9.17) is 9.47 Å². The van der Waals surface area contributed by atoms with Gasteiger partial charge in [0.2, 0.25) is 0 Å². The van der Waals surface area contributed by atoms with E-state index in [0.29, 0.717) is 12.3 Å². The van der Waals surface area contributed by atoms with Crippen LogP contribution in [0.3, 0.4) is 0 Å². The van der Waals surface area contributed by atoms with Crippen molar-refractivity contribution in [3.8, 4) is 11.5 Å². The molecule has 0 unspecified atom stereocenters. The molecule has 5 nitrogen and oxygen atoms in total. The zero-order chi connectivity index (χ0) is 15.1. The van der Waals surface area contributed by atoms with Gasteiger partial charge >= 0.3 is 0 Å². The maximum atomic E-state index is 11.7. The number of amides is 1. The highest BCUT2D eigenvalue weighted by Gasteiger charge is 2.04. The summed E-state index contributed by atoms with van der Waals surface area (Å²) >= 11 is 0. The Labute approximate surface area is 123 Å². The third-order valence-electron chi connectivity index (χ3n) is 3.05. The van der Waals surface area contributed by atoms with E-state index in [2.05, 4.69) is 10.3 Å². The molecule has 110 valence electrons. The second-order valence-electron chi connectivity index (χ2n) is 4.54. The van der Waals surface area contributed by atoms with Crippen molar-refractivity contribution in [2.75, 3.05) is 13.7 Å². The maximum absolute atomic E-state index is 11.7. The third-order valence-corrected chi connectivity index (χ3v) is 3.05. The molecular formula is C16H18N2O3. The number of nitrogens with one attached hydrogen (secondary N) is 1. The predicted octanol–water partition coefficient (Wildman–Crippen LogP) is 2.09. The van der Waals surface area contributed by atoms with Gasteiger partial charge in [0.1, 0.15) is 11.5 Å². The molecule has 0 fully saturated rings. The monoisotopic (exact) mass is 286 g/mol. The van der Waals surface area contributed by atoms with Crippen LogP contribution in [-0.4, -0.2) is 24.6 Å². The van der Waals surface area contributed by atoms with Crippen LogP contribution in [0.1, 0.15) is 11.1 Å². The summed E-state index contributed by atoms with van der Waals surface area (Å²) in [7, 11) is 1.60. The molecule has 0 aliphatic carbocycles. The van der Waals surface area contributed by atoms with Gasteiger partial charge < -0.3 is 14.8 Å². The summed E-state index contributed by atoms with van der Waals surface area (Å²) in [5.41, 5.74) is 2.09. The van der Waals surface area contributed by atoms with Crippen LogP contribution in [0.2, 0.25) is 0 Å². The molecular weight excluding hydrogens is 268 g/mol. The number of hydrogen-bond acceptors (Lipinski definition) is 4. The molecule has 0 bridgehead atoms. The van der Waals surface area contributed by atoms with E-state index in [0.717, 1.165) is 16.9 Å². The van der Waals surface area contributed by atoms with Gasteiger partial charge in [-0.05, 0) is 48.4 Å². The SMILES string of the molecule is COc1ccc(OCC(=O)NCc2cnccc2C)cc1. The zero-order valence-electron chi connectivity index (χ0n) is 12.1. The number of hydrogen-bond donors (Lipinski definition) is 1. The summed E-state index contributed by atoms with van der Waals surface area (Å²) in [5, 5.41) is 2.80. The van der Waals surface area contributed by atoms with Gasteiger partial charge in [-0.25, -0.2) is 0 Å². The van der Waals surface area contributed by atoms with E-state index in [1.165, 1.54) is 0 Å². The Morgan fingerprint density at radius 1 is 1.19 bits per heavy atom. The molecule has 1 N–H and O–H groups in total. The predicted molar refractivity (Wildman–Crippen MR) is 79.3 cm³/mol. The summed E-state index contributed by atoms with van der Waals surface area (Å²) in [4.78, 5) is 15.8. The fourth-order valence-corrected chi connectivity index (χ4v) is 1.75. The smallest absolute Gasteiger partial charge is 0.258 e. The molecule has 5 heteroatoms. The Hall–Kier alpha value is -2.56. The molecule has 1 aromatic heterocycles. The lowest BCUT2D eigenvalue weighted by Crippen LogP contribution is -2.28. The minimum Gasteiger partial charge on any atom is -0.497 e. The van der Waals surface area contributed by atoms with E-state index in [9.17, 15) is 4.79 Å². The highest BCUT2D eigenvalue weighted by molar-refractivity contribution is 5.77. The summed E-state index contributed by atoms with van der Waals surface area (Å²) in [5.74, 6) is 1.21. The van der Waals surface area contributed by atoms with Gasteiger partial charge in [-0.1, -0.05) is 0 Å². The maximum Gasteiger partial charge on any atom is 0.258 e. The second-order valence-corrected chi connectivity index (χ2v) is 4.54. The lowest BCUT2D eigenvalue weighted by Gasteiger charge is -2.09. The van der Waals surface area contributed by atoms with E-state index in [-0.39, 0.29) is 12.5 Å². The first-order chi connectivity index (χ1) is 10.2. The van der Waals surface area contributed by atoms with Crippen molar-refractivity contribution in [2.45, 2.75) is 13.5 Å². The first-order valence-electron chi connectivity index (χ1n) is 6.62. The van der Waals surface area contributed by atoms with Gasteiger partial charge in [0, 0.05) is 18.9 Å². The zero-order valence-corrected chi connectivity index (χ0v) is 12.1. The molecule has 1 aromatic carbocycles. The van der Waals surface area contributed by atoms with Gasteiger partial charge in [0.05, 0.1) is 7.11 Å². The van der Waals surface area contributed by atoms with E-state index in [1.54, 1.807) is 43.8 Å². The van der Waals surface area contributed by atoms with Crippen LogP contribution >= 0.6 is 0 Å². The molecule has 0 spiro atoms. The molecule has 0 radical (unpaired) electrons. The summed E-state index contributed by atoms with van der Waals surface area (Å²) in [6, 6.07) is 9.00. The Kier molecular flexibility index (Phi) is 5.15. The van der Waals surface area contributed by atoms with Gasteiger partial charge in [0.15, 0.2) is 6.61 Å². The van der Waals surface area contributed by atoms with Gasteiger partial charge in [-0.15, -0.1) is 0 Å². The van der Waals surface area contributed by atoms with Crippen molar-refractivity contribution < 1.29 is 14.3 Å².